The number of nitrogens with one attached hydrogen (secondary N) is 1. The van der Waals surface area contributed by atoms with Crippen LogP contribution in [0.1, 0.15) is 11.3 Å². The van der Waals surface area contributed by atoms with E-state index in [1.54, 1.807) is 25.3 Å². The van der Waals surface area contributed by atoms with Gasteiger partial charge in [-0.15, -0.1) is 0 Å². The van der Waals surface area contributed by atoms with Crippen molar-refractivity contribution >= 4 is 15.7 Å². The zero-order chi connectivity index (χ0) is 15.3. The third kappa shape index (κ3) is 3.84. The summed E-state index contributed by atoms with van der Waals surface area (Å²) in [6.07, 6.45) is 0.612. The number of hydrogen-bond donors (Lipinski definition) is 2. The normalized spacial score (nSPS) is 11.5. The van der Waals surface area contributed by atoms with E-state index < -0.39 is 10.0 Å². The first kappa shape index (κ1) is 15.6. The van der Waals surface area contributed by atoms with Crippen LogP contribution >= 0.6 is 0 Å². The minimum absolute atomic E-state index is 0.149. The smallest absolute Gasteiger partial charge is 0.295 e. The molecule has 7 heteroatoms. The standard InChI is InChI=1S/C14H18N2O4S/c1-19-9-8-11-4-2-3-5-13(11)16-21(17,18)14-7-6-12(10-15)20-14/h2-7,16H,8-10,15H2,1H3. The molecule has 0 aliphatic carbocycles. The lowest BCUT2D eigenvalue weighted by atomic mass is 10.1. The van der Waals surface area contributed by atoms with E-state index >= 15 is 0 Å². The van der Waals surface area contributed by atoms with Crippen LogP contribution in [0.25, 0.3) is 0 Å². The molecule has 114 valence electrons. The van der Waals surface area contributed by atoms with Crippen molar-refractivity contribution in [1.82, 2.24) is 0 Å². The van der Waals surface area contributed by atoms with Crippen molar-refractivity contribution in [3.63, 3.8) is 0 Å². The summed E-state index contributed by atoms with van der Waals surface area (Å²) in [6.45, 7) is 0.663. The molecule has 0 aliphatic heterocycles. The van der Waals surface area contributed by atoms with Gasteiger partial charge in [0.1, 0.15) is 5.76 Å². The van der Waals surface area contributed by atoms with Gasteiger partial charge < -0.3 is 14.9 Å². The monoisotopic (exact) mass is 310 g/mol. The number of ether oxygens (including phenoxy) is 1. The van der Waals surface area contributed by atoms with Gasteiger partial charge in [-0.05, 0) is 30.2 Å². The van der Waals surface area contributed by atoms with Crippen LogP contribution < -0.4 is 10.5 Å². The summed E-state index contributed by atoms with van der Waals surface area (Å²) in [7, 11) is -2.16. The topological polar surface area (TPSA) is 94.6 Å². The highest BCUT2D eigenvalue weighted by molar-refractivity contribution is 7.92. The van der Waals surface area contributed by atoms with Crippen molar-refractivity contribution < 1.29 is 17.6 Å². The number of anilines is 1. The molecule has 3 N–H and O–H groups in total. The SMILES string of the molecule is COCCc1ccccc1NS(=O)(=O)c1ccc(CN)o1. The van der Waals surface area contributed by atoms with E-state index in [9.17, 15) is 8.42 Å². The molecule has 0 unspecified atom stereocenters. The van der Waals surface area contributed by atoms with Crippen LogP contribution in [0.3, 0.4) is 0 Å². The summed E-state index contributed by atoms with van der Waals surface area (Å²) in [6, 6.07) is 10.1. The second-order valence-electron chi connectivity index (χ2n) is 4.43. The van der Waals surface area contributed by atoms with Gasteiger partial charge >= 0.3 is 0 Å². The van der Waals surface area contributed by atoms with Crippen molar-refractivity contribution in [2.45, 2.75) is 18.1 Å². The number of methoxy groups -OCH3 is 1. The lowest BCUT2D eigenvalue weighted by molar-refractivity contribution is 0.202. The Balaban J connectivity index is 2.24. The number of furan rings is 1. The maximum absolute atomic E-state index is 12.3. The summed E-state index contributed by atoms with van der Waals surface area (Å²) in [5.41, 5.74) is 6.78. The van der Waals surface area contributed by atoms with Crippen LogP contribution in [0.2, 0.25) is 0 Å². The summed E-state index contributed by atoms with van der Waals surface area (Å²) < 4.78 is 37.3. The fourth-order valence-electron chi connectivity index (χ4n) is 1.86. The van der Waals surface area contributed by atoms with E-state index in [1.165, 1.54) is 6.07 Å². The number of nitrogens with two attached hydrogens (primary N) is 1. The quantitative estimate of drug-likeness (QED) is 0.812. The number of sulfonamides is 1. The minimum atomic E-state index is -3.76. The van der Waals surface area contributed by atoms with Gasteiger partial charge in [0, 0.05) is 7.11 Å². The zero-order valence-electron chi connectivity index (χ0n) is 11.7. The summed E-state index contributed by atoms with van der Waals surface area (Å²) in [4.78, 5) is 0. The Kier molecular flexibility index (Phi) is 5.00. The Morgan fingerprint density at radius 1 is 1.24 bits per heavy atom. The van der Waals surface area contributed by atoms with Crippen LogP contribution in [0.15, 0.2) is 45.9 Å². The molecule has 0 radical (unpaired) electrons. The molecule has 0 bridgehead atoms. The highest BCUT2D eigenvalue weighted by atomic mass is 32.2. The molecule has 1 aromatic carbocycles. The van der Waals surface area contributed by atoms with Crippen LogP contribution in [-0.2, 0) is 27.7 Å². The Morgan fingerprint density at radius 2 is 2.00 bits per heavy atom. The number of para-hydroxylation sites is 1. The Hall–Kier alpha value is -1.83. The molecular weight excluding hydrogens is 292 g/mol. The third-order valence-corrected chi connectivity index (χ3v) is 4.18. The predicted molar refractivity (Wildman–Crippen MR) is 79.4 cm³/mol. The number of rotatable bonds is 7. The highest BCUT2D eigenvalue weighted by Crippen LogP contribution is 2.21. The van der Waals surface area contributed by atoms with Gasteiger partial charge in [-0.2, -0.15) is 8.42 Å². The predicted octanol–water partition coefficient (Wildman–Crippen LogP) is 1.73. The molecule has 6 nitrogen and oxygen atoms in total. The highest BCUT2D eigenvalue weighted by Gasteiger charge is 2.19. The fourth-order valence-corrected chi connectivity index (χ4v) is 2.91. The molecule has 0 spiro atoms. The van der Waals surface area contributed by atoms with Crippen LogP contribution in [0.5, 0.6) is 0 Å². The molecule has 1 aromatic heterocycles. The third-order valence-electron chi connectivity index (χ3n) is 2.94. The van der Waals surface area contributed by atoms with Gasteiger partial charge in [0.25, 0.3) is 10.0 Å². The summed E-state index contributed by atoms with van der Waals surface area (Å²) in [5.74, 6) is 0.419. The van der Waals surface area contributed by atoms with Gasteiger partial charge in [0.15, 0.2) is 0 Å². The van der Waals surface area contributed by atoms with E-state index in [0.717, 1.165) is 5.56 Å². The number of benzene rings is 1. The van der Waals surface area contributed by atoms with Gasteiger partial charge in [0.2, 0.25) is 5.09 Å². The Bertz CT molecular complexity index is 695. The molecule has 0 aliphatic rings. The second kappa shape index (κ2) is 6.75. The molecule has 2 aromatic rings. The van der Waals surface area contributed by atoms with E-state index in [4.69, 9.17) is 14.9 Å². The average Bonchev–Trinajstić information content (AvgIpc) is 2.96. The van der Waals surface area contributed by atoms with Crippen LogP contribution in [-0.4, -0.2) is 22.1 Å². The molecule has 21 heavy (non-hydrogen) atoms. The van der Waals surface area contributed by atoms with Crippen LogP contribution in [0, 0.1) is 0 Å². The van der Waals surface area contributed by atoms with Gasteiger partial charge in [-0.25, -0.2) is 0 Å². The lowest BCUT2D eigenvalue weighted by Crippen LogP contribution is -2.14. The molecule has 1 heterocycles. The molecule has 0 fully saturated rings. The maximum atomic E-state index is 12.3. The van der Waals surface area contributed by atoms with E-state index in [2.05, 4.69) is 4.72 Å². The zero-order valence-corrected chi connectivity index (χ0v) is 12.5. The molecule has 0 atom stereocenters. The minimum Gasteiger partial charge on any atom is -0.446 e. The Labute approximate surface area is 124 Å². The largest absolute Gasteiger partial charge is 0.446 e. The number of hydrogen-bond acceptors (Lipinski definition) is 5. The van der Waals surface area contributed by atoms with Gasteiger partial charge in [-0.3, -0.25) is 4.72 Å². The van der Waals surface area contributed by atoms with Crippen LogP contribution in [0.4, 0.5) is 5.69 Å². The van der Waals surface area contributed by atoms with Crippen molar-refractivity contribution in [2.75, 3.05) is 18.4 Å². The second-order valence-corrected chi connectivity index (χ2v) is 6.04. The maximum Gasteiger partial charge on any atom is 0.295 e. The van der Waals surface area contributed by atoms with Crippen molar-refractivity contribution in [3.8, 4) is 0 Å². The van der Waals surface area contributed by atoms with E-state index in [0.29, 0.717) is 24.5 Å². The average molecular weight is 310 g/mol. The van der Waals surface area contributed by atoms with Crippen molar-refractivity contribution in [3.05, 3.63) is 47.7 Å². The first-order chi connectivity index (χ1) is 10.1. The van der Waals surface area contributed by atoms with E-state index in [-0.39, 0.29) is 11.6 Å². The first-order valence-electron chi connectivity index (χ1n) is 6.45. The molecule has 0 saturated carbocycles. The first-order valence-corrected chi connectivity index (χ1v) is 7.93. The molecule has 0 saturated heterocycles. The van der Waals surface area contributed by atoms with E-state index in [1.807, 2.05) is 12.1 Å². The molecule has 0 amide bonds. The summed E-state index contributed by atoms with van der Waals surface area (Å²) >= 11 is 0. The molecule has 2 rings (SSSR count). The summed E-state index contributed by atoms with van der Waals surface area (Å²) in [5, 5.41) is -0.149. The van der Waals surface area contributed by atoms with Crippen molar-refractivity contribution in [1.29, 1.82) is 0 Å². The van der Waals surface area contributed by atoms with Gasteiger partial charge in [-0.1, -0.05) is 18.2 Å². The van der Waals surface area contributed by atoms with Gasteiger partial charge in [0.05, 0.1) is 18.8 Å². The molecular formula is C14H18N2O4S. The van der Waals surface area contributed by atoms with Crippen molar-refractivity contribution in [2.24, 2.45) is 5.73 Å². The fraction of sp³-hybridized carbons (Fsp3) is 0.286. The Morgan fingerprint density at radius 3 is 2.67 bits per heavy atom. The lowest BCUT2D eigenvalue weighted by Gasteiger charge is -2.11.